The Balaban J connectivity index is 2.00. The fourth-order valence-corrected chi connectivity index (χ4v) is 1.35. The molecule has 0 saturated heterocycles. The minimum atomic E-state index is -0.605. The van der Waals surface area contributed by atoms with Crippen molar-refractivity contribution >= 4 is 11.7 Å². The lowest BCUT2D eigenvalue weighted by atomic mass is 10.2. The number of carbonyl (C=O) groups is 1. The number of esters is 1. The monoisotopic (exact) mass is 247 g/mol. The number of nitrogens with one attached hydrogen (secondary N) is 1. The van der Waals surface area contributed by atoms with Gasteiger partial charge in [-0.05, 0) is 5.56 Å². The van der Waals surface area contributed by atoms with Crippen LogP contribution in [0.25, 0.3) is 0 Å². The number of nitro groups is 1. The standard InChI is InChI=1S/C11H9N3O4/c15-11(10-12-4-5-13-10)18-7-8-2-1-3-9(6-8)14(16)17/h1-6H,7H2,(H,12,13). The fourth-order valence-electron chi connectivity index (χ4n) is 1.35. The lowest BCUT2D eigenvalue weighted by molar-refractivity contribution is -0.384. The number of nitro benzene ring substituents is 1. The van der Waals surface area contributed by atoms with Gasteiger partial charge in [0.25, 0.3) is 5.69 Å². The van der Waals surface area contributed by atoms with Crippen molar-refractivity contribution in [3.05, 3.63) is 58.2 Å². The zero-order valence-electron chi connectivity index (χ0n) is 9.20. The molecule has 0 saturated carbocycles. The van der Waals surface area contributed by atoms with Gasteiger partial charge in [0.2, 0.25) is 5.82 Å². The second kappa shape index (κ2) is 5.09. The van der Waals surface area contributed by atoms with Crippen molar-refractivity contribution in [1.82, 2.24) is 9.97 Å². The number of rotatable bonds is 4. The van der Waals surface area contributed by atoms with Crippen molar-refractivity contribution in [2.75, 3.05) is 0 Å². The number of aromatic nitrogens is 2. The van der Waals surface area contributed by atoms with E-state index in [4.69, 9.17) is 4.74 Å². The first-order chi connectivity index (χ1) is 8.66. The van der Waals surface area contributed by atoms with Crippen LogP contribution in [-0.4, -0.2) is 20.9 Å². The molecule has 0 bridgehead atoms. The Morgan fingerprint density at radius 3 is 3.00 bits per heavy atom. The van der Waals surface area contributed by atoms with E-state index in [0.717, 1.165) is 0 Å². The highest BCUT2D eigenvalue weighted by molar-refractivity contribution is 5.85. The molecular weight excluding hydrogens is 238 g/mol. The van der Waals surface area contributed by atoms with Crippen LogP contribution in [0.1, 0.15) is 16.2 Å². The van der Waals surface area contributed by atoms with Crippen LogP contribution in [0, 0.1) is 10.1 Å². The van der Waals surface area contributed by atoms with Gasteiger partial charge in [-0.25, -0.2) is 9.78 Å². The SMILES string of the molecule is O=C(OCc1cccc([N+](=O)[O-])c1)c1ncc[nH]1. The van der Waals surface area contributed by atoms with Gasteiger partial charge in [-0.2, -0.15) is 0 Å². The van der Waals surface area contributed by atoms with E-state index in [1.54, 1.807) is 6.07 Å². The summed E-state index contributed by atoms with van der Waals surface area (Å²) < 4.78 is 4.95. The van der Waals surface area contributed by atoms with Gasteiger partial charge in [0.05, 0.1) is 4.92 Å². The van der Waals surface area contributed by atoms with E-state index in [2.05, 4.69) is 9.97 Å². The lowest BCUT2D eigenvalue weighted by Gasteiger charge is -2.02. The van der Waals surface area contributed by atoms with Crippen molar-refractivity contribution in [3.63, 3.8) is 0 Å². The first-order valence-electron chi connectivity index (χ1n) is 5.06. The van der Waals surface area contributed by atoms with E-state index >= 15 is 0 Å². The van der Waals surface area contributed by atoms with Crippen LogP contribution in [-0.2, 0) is 11.3 Å². The number of carbonyl (C=O) groups excluding carboxylic acids is 1. The van der Waals surface area contributed by atoms with Crippen LogP contribution < -0.4 is 0 Å². The molecule has 7 heteroatoms. The number of H-pyrrole nitrogens is 1. The molecule has 1 heterocycles. The number of ether oxygens (including phenoxy) is 1. The highest BCUT2D eigenvalue weighted by atomic mass is 16.6. The van der Waals surface area contributed by atoms with Crippen molar-refractivity contribution < 1.29 is 14.5 Å². The normalized spacial score (nSPS) is 10.0. The summed E-state index contributed by atoms with van der Waals surface area (Å²) in [6, 6.07) is 5.91. The summed E-state index contributed by atoms with van der Waals surface area (Å²) in [5, 5.41) is 10.6. The second-order valence-electron chi connectivity index (χ2n) is 3.44. The summed E-state index contributed by atoms with van der Waals surface area (Å²) >= 11 is 0. The number of benzene rings is 1. The van der Waals surface area contributed by atoms with E-state index in [9.17, 15) is 14.9 Å². The van der Waals surface area contributed by atoms with Crippen molar-refractivity contribution in [1.29, 1.82) is 0 Å². The van der Waals surface area contributed by atoms with Gasteiger partial charge in [-0.15, -0.1) is 0 Å². The summed E-state index contributed by atoms with van der Waals surface area (Å²) in [7, 11) is 0. The third kappa shape index (κ3) is 2.70. The van der Waals surface area contributed by atoms with Gasteiger partial charge < -0.3 is 9.72 Å². The van der Waals surface area contributed by atoms with E-state index < -0.39 is 10.9 Å². The van der Waals surface area contributed by atoms with Crippen LogP contribution in [0.15, 0.2) is 36.7 Å². The molecule has 1 N–H and O–H groups in total. The first-order valence-corrected chi connectivity index (χ1v) is 5.06. The van der Waals surface area contributed by atoms with Crippen LogP contribution in [0.3, 0.4) is 0 Å². The number of hydrogen-bond donors (Lipinski definition) is 1. The summed E-state index contributed by atoms with van der Waals surface area (Å²) in [4.78, 5) is 27.9. The molecule has 92 valence electrons. The van der Waals surface area contributed by atoms with Gasteiger partial charge >= 0.3 is 5.97 Å². The summed E-state index contributed by atoms with van der Waals surface area (Å²) in [6.45, 7) is -0.0405. The summed E-state index contributed by atoms with van der Waals surface area (Å²) in [5.74, 6) is -0.507. The lowest BCUT2D eigenvalue weighted by Crippen LogP contribution is -2.07. The number of aromatic amines is 1. The molecule has 0 aliphatic rings. The Hall–Kier alpha value is -2.70. The third-order valence-corrected chi connectivity index (χ3v) is 2.18. The zero-order chi connectivity index (χ0) is 13.0. The number of non-ortho nitro benzene ring substituents is 1. The topological polar surface area (TPSA) is 98.1 Å². The average Bonchev–Trinajstić information content (AvgIpc) is 2.90. The van der Waals surface area contributed by atoms with E-state index in [1.807, 2.05) is 0 Å². The Morgan fingerprint density at radius 1 is 1.50 bits per heavy atom. The van der Waals surface area contributed by atoms with Gasteiger partial charge in [-0.3, -0.25) is 10.1 Å². The molecule has 18 heavy (non-hydrogen) atoms. The van der Waals surface area contributed by atoms with Gasteiger partial charge in [0, 0.05) is 24.5 Å². The van der Waals surface area contributed by atoms with Gasteiger partial charge in [0.1, 0.15) is 6.61 Å². The zero-order valence-corrected chi connectivity index (χ0v) is 9.20. The highest BCUT2D eigenvalue weighted by Crippen LogP contribution is 2.14. The molecular formula is C11H9N3O4. The predicted molar refractivity (Wildman–Crippen MR) is 60.8 cm³/mol. The molecule has 0 spiro atoms. The third-order valence-electron chi connectivity index (χ3n) is 2.18. The van der Waals surface area contributed by atoms with Crippen molar-refractivity contribution in [2.45, 2.75) is 6.61 Å². The van der Waals surface area contributed by atoms with Crippen molar-refractivity contribution in [2.24, 2.45) is 0 Å². The molecule has 0 aliphatic carbocycles. The largest absolute Gasteiger partial charge is 0.455 e. The maximum absolute atomic E-state index is 11.4. The Morgan fingerprint density at radius 2 is 2.33 bits per heavy atom. The van der Waals surface area contributed by atoms with Crippen LogP contribution in [0.5, 0.6) is 0 Å². The quantitative estimate of drug-likeness (QED) is 0.503. The molecule has 0 fully saturated rings. The second-order valence-corrected chi connectivity index (χ2v) is 3.44. The first kappa shape index (κ1) is 11.8. The van der Waals surface area contributed by atoms with Crippen LogP contribution in [0.2, 0.25) is 0 Å². The van der Waals surface area contributed by atoms with Gasteiger partial charge in [-0.1, -0.05) is 12.1 Å². The molecule has 0 unspecified atom stereocenters. The fraction of sp³-hybridized carbons (Fsp3) is 0.0909. The van der Waals surface area contributed by atoms with E-state index in [0.29, 0.717) is 5.56 Å². The maximum Gasteiger partial charge on any atom is 0.374 e. The predicted octanol–water partition coefficient (Wildman–Crippen LogP) is 1.67. The minimum Gasteiger partial charge on any atom is -0.455 e. The molecule has 0 amide bonds. The molecule has 0 atom stereocenters. The Labute approximate surface area is 102 Å². The smallest absolute Gasteiger partial charge is 0.374 e. The maximum atomic E-state index is 11.4. The van der Waals surface area contributed by atoms with Crippen LogP contribution >= 0.6 is 0 Å². The van der Waals surface area contributed by atoms with Gasteiger partial charge in [0.15, 0.2) is 0 Å². The van der Waals surface area contributed by atoms with E-state index in [1.165, 1.54) is 30.6 Å². The number of imidazole rings is 1. The Bertz CT molecular complexity index is 565. The highest BCUT2D eigenvalue weighted by Gasteiger charge is 2.11. The average molecular weight is 247 g/mol. The summed E-state index contributed by atoms with van der Waals surface area (Å²) in [5.41, 5.74) is 0.505. The molecule has 2 aromatic rings. The molecule has 1 aromatic carbocycles. The van der Waals surface area contributed by atoms with Crippen LogP contribution in [0.4, 0.5) is 5.69 Å². The number of nitrogens with zero attached hydrogens (tertiary/aromatic N) is 2. The van der Waals surface area contributed by atoms with Crippen molar-refractivity contribution in [3.8, 4) is 0 Å². The minimum absolute atomic E-state index is 0.0402. The number of hydrogen-bond acceptors (Lipinski definition) is 5. The molecule has 0 aliphatic heterocycles. The van der Waals surface area contributed by atoms with E-state index in [-0.39, 0.29) is 18.1 Å². The molecule has 0 radical (unpaired) electrons. The molecule has 1 aromatic heterocycles. The summed E-state index contributed by atoms with van der Waals surface area (Å²) in [6.07, 6.45) is 2.94. The molecule has 2 rings (SSSR count). The molecule has 7 nitrogen and oxygen atoms in total. The Kier molecular flexibility index (Phi) is 3.33.